The maximum atomic E-state index is 13.2. The van der Waals surface area contributed by atoms with Crippen molar-refractivity contribution in [3.05, 3.63) is 41.2 Å². The van der Waals surface area contributed by atoms with Crippen LogP contribution in [0.4, 0.5) is 0 Å². The molecule has 3 rings (SSSR count). The highest BCUT2D eigenvalue weighted by molar-refractivity contribution is 7.89. The molecule has 1 aromatic heterocycles. The van der Waals surface area contributed by atoms with Gasteiger partial charge in [0.15, 0.2) is 0 Å². The summed E-state index contributed by atoms with van der Waals surface area (Å²) in [5.74, 6) is 0. The van der Waals surface area contributed by atoms with Gasteiger partial charge in [-0.25, -0.2) is 16.8 Å². The molecule has 0 N–H and O–H groups in total. The summed E-state index contributed by atoms with van der Waals surface area (Å²) in [6.07, 6.45) is 0.382. The molecule has 1 fully saturated rings. The van der Waals surface area contributed by atoms with Gasteiger partial charge in [-0.3, -0.25) is 4.68 Å². The molecule has 0 bridgehead atoms. The van der Waals surface area contributed by atoms with Gasteiger partial charge in [0.05, 0.1) is 27.9 Å². The zero-order chi connectivity index (χ0) is 21.4. The number of nitrogens with zero attached hydrogens (tertiary/aromatic N) is 5. The normalized spacial score (nSPS) is 17.0. The number of hydrogen-bond donors (Lipinski definition) is 0. The first-order chi connectivity index (χ1) is 13.6. The molecule has 1 aliphatic heterocycles. The average Bonchev–Trinajstić information content (AvgIpc) is 2.85. The summed E-state index contributed by atoms with van der Waals surface area (Å²) in [6.45, 7) is 3.92. The summed E-state index contributed by atoms with van der Waals surface area (Å²) >= 11 is 0. The highest BCUT2D eigenvalue weighted by Crippen LogP contribution is 2.25. The van der Waals surface area contributed by atoms with Crippen molar-refractivity contribution >= 4 is 20.0 Å². The van der Waals surface area contributed by atoms with E-state index in [1.807, 2.05) is 6.07 Å². The van der Waals surface area contributed by atoms with Crippen molar-refractivity contribution < 1.29 is 16.8 Å². The molecule has 11 heteroatoms. The number of aromatic nitrogens is 2. The topological polar surface area (TPSA) is 116 Å². The lowest BCUT2D eigenvalue weighted by molar-refractivity contribution is 0.404. The van der Waals surface area contributed by atoms with E-state index in [4.69, 9.17) is 5.26 Å². The van der Waals surface area contributed by atoms with Gasteiger partial charge in [-0.2, -0.15) is 19.0 Å². The lowest BCUT2D eigenvalue weighted by Gasteiger charge is -2.22. The number of aryl methyl sites for hydroxylation is 2. The second-order valence-electron chi connectivity index (χ2n) is 6.92. The SMILES string of the molecule is Cc1nn(C)c(C)c1S(=O)(=O)N1CCCN(S(=O)(=O)c2ccc(C#N)cc2)CC1. The van der Waals surface area contributed by atoms with E-state index in [0.717, 1.165) is 0 Å². The Morgan fingerprint density at radius 2 is 1.48 bits per heavy atom. The Morgan fingerprint density at radius 1 is 0.931 bits per heavy atom. The van der Waals surface area contributed by atoms with Crippen LogP contribution in [0.1, 0.15) is 23.4 Å². The van der Waals surface area contributed by atoms with Gasteiger partial charge in [0, 0.05) is 33.2 Å². The van der Waals surface area contributed by atoms with Crippen molar-refractivity contribution in [1.29, 1.82) is 5.26 Å². The number of hydrogen-bond acceptors (Lipinski definition) is 6. The van der Waals surface area contributed by atoms with E-state index in [-0.39, 0.29) is 36.0 Å². The Kier molecular flexibility index (Phi) is 5.82. The second kappa shape index (κ2) is 7.87. The fraction of sp³-hybridized carbons (Fsp3) is 0.444. The molecular weight excluding hydrogens is 414 g/mol. The maximum absolute atomic E-state index is 13.2. The van der Waals surface area contributed by atoms with Gasteiger partial charge in [0.25, 0.3) is 0 Å². The molecule has 9 nitrogen and oxygen atoms in total. The van der Waals surface area contributed by atoms with Gasteiger partial charge in [-0.15, -0.1) is 0 Å². The number of sulfonamides is 2. The summed E-state index contributed by atoms with van der Waals surface area (Å²) in [6, 6.07) is 7.66. The predicted molar refractivity (Wildman–Crippen MR) is 106 cm³/mol. The third-order valence-corrected chi connectivity index (χ3v) is 9.14. The Balaban J connectivity index is 1.84. The summed E-state index contributed by atoms with van der Waals surface area (Å²) < 4.78 is 56.4. The molecule has 2 heterocycles. The average molecular weight is 438 g/mol. The van der Waals surface area contributed by atoms with Crippen molar-refractivity contribution in [1.82, 2.24) is 18.4 Å². The Bertz CT molecular complexity index is 1160. The molecule has 0 amide bonds. The van der Waals surface area contributed by atoms with Crippen molar-refractivity contribution in [2.45, 2.75) is 30.1 Å². The van der Waals surface area contributed by atoms with Crippen LogP contribution in [0, 0.1) is 25.2 Å². The molecule has 0 aliphatic carbocycles. The summed E-state index contributed by atoms with van der Waals surface area (Å²) in [5, 5.41) is 13.1. The standard InChI is InChI=1S/C18H23N5O4S2/c1-14-18(15(2)21(3)20-14)29(26,27)23-10-4-9-22(11-12-23)28(24,25)17-7-5-16(13-19)6-8-17/h5-8H,4,9-12H2,1-3H3. The van der Waals surface area contributed by atoms with Crippen LogP contribution in [-0.2, 0) is 27.1 Å². The molecule has 1 saturated heterocycles. The Morgan fingerprint density at radius 3 is 1.97 bits per heavy atom. The van der Waals surface area contributed by atoms with Crippen LogP contribution in [0.2, 0.25) is 0 Å². The van der Waals surface area contributed by atoms with Gasteiger partial charge in [-0.1, -0.05) is 0 Å². The molecular formula is C18H23N5O4S2. The minimum absolute atomic E-state index is 0.0555. The summed E-state index contributed by atoms with van der Waals surface area (Å²) in [7, 11) is -5.86. The van der Waals surface area contributed by atoms with E-state index in [1.165, 1.54) is 37.6 Å². The minimum Gasteiger partial charge on any atom is -0.271 e. The van der Waals surface area contributed by atoms with Crippen LogP contribution >= 0.6 is 0 Å². The van der Waals surface area contributed by atoms with E-state index in [0.29, 0.717) is 23.4 Å². The third kappa shape index (κ3) is 3.93. The molecule has 0 atom stereocenters. The number of nitriles is 1. The lowest BCUT2D eigenvalue weighted by Crippen LogP contribution is -2.37. The first-order valence-corrected chi connectivity index (χ1v) is 12.0. The smallest absolute Gasteiger partial charge is 0.246 e. The molecule has 2 aromatic rings. The van der Waals surface area contributed by atoms with Gasteiger partial charge >= 0.3 is 0 Å². The first-order valence-electron chi connectivity index (χ1n) is 9.09. The summed E-state index contributed by atoms with van der Waals surface area (Å²) in [5.41, 5.74) is 1.35. The van der Waals surface area contributed by atoms with Crippen LogP contribution in [0.25, 0.3) is 0 Å². The second-order valence-corrected chi connectivity index (χ2v) is 10.7. The van der Waals surface area contributed by atoms with E-state index in [2.05, 4.69) is 5.10 Å². The third-order valence-electron chi connectivity index (χ3n) is 5.08. The molecule has 0 unspecified atom stereocenters. The van der Waals surface area contributed by atoms with E-state index >= 15 is 0 Å². The monoisotopic (exact) mass is 437 g/mol. The number of rotatable bonds is 4. The van der Waals surface area contributed by atoms with Crippen molar-refractivity contribution in [2.24, 2.45) is 7.05 Å². The highest BCUT2D eigenvalue weighted by Gasteiger charge is 2.34. The molecule has 0 spiro atoms. The quantitative estimate of drug-likeness (QED) is 0.704. The molecule has 0 radical (unpaired) electrons. The van der Waals surface area contributed by atoms with Gasteiger partial charge in [0.1, 0.15) is 4.90 Å². The molecule has 29 heavy (non-hydrogen) atoms. The van der Waals surface area contributed by atoms with Crippen LogP contribution < -0.4 is 0 Å². The van der Waals surface area contributed by atoms with Gasteiger partial charge in [-0.05, 0) is 44.5 Å². The van der Waals surface area contributed by atoms with Crippen molar-refractivity contribution in [2.75, 3.05) is 26.2 Å². The number of benzene rings is 1. The molecule has 0 saturated carbocycles. The predicted octanol–water partition coefficient (Wildman–Crippen LogP) is 0.994. The van der Waals surface area contributed by atoms with E-state index < -0.39 is 20.0 Å². The van der Waals surface area contributed by atoms with Crippen molar-refractivity contribution in [3.8, 4) is 6.07 Å². The molecule has 156 valence electrons. The minimum atomic E-state index is -3.78. The van der Waals surface area contributed by atoms with E-state index in [1.54, 1.807) is 20.9 Å². The van der Waals surface area contributed by atoms with Crippen molar-refractivity contribution in [3.63, 3.8) is 0 Å². The van der Waals surface area contributed by atoms with E-state index in [9.17, 15) is 16.8 Å². The Hall–Kier alpha value is -2.26. The van der Waals surface area contributed by atoms with Crippen LogP contribution in [-0.4, -0.2) is 61.4 Å². The fourth-order valence-electron chi connectivity index (χ4n) is 3.46. The first kappa shape index (κ1) is 21.4. The molecule has 1 aromatic carbocycles. The summed E-state index contributed by atoms with van der Waals surface area (Å²) in [4.78, 5) is 0.273. The maximum Gasteiger partial charge on any atom is 0.246 e. The van der Waals surface area contributed by atoms with Crippen LogP contribution in [0.3, 0.4) is 0 Å². The lowest BCUT2D eigenvalue weighted by atomic mass is 10.2. The highest BCUT2D eigenvalue weighted by atomic mass is 32.2. The largest absolute Gasteiger partial charge is 0.271 e. The fourth-order valence-corrected chi connectivity index (χ4v) is 6.80. The van der Waals surface area contributed by atoms with Crippen LogP contribution in [0.5, 0.6) is 0 Å². The zero-order valence-corrected chi connectivity index (χ0v) is 18.2. The molecule has 1 aliphatic rings. The zero-order valence-electron chi connectivity index (χ0n) is 16.5. The van der Waals surface area contributed by atoms with Gasteiger partial charge < -0.3 is 0 Å². The van der Waals surface area contributed by atoms with Crippen LogP contribution in [0.15, 0.2) is 34.1 Å². The van der Waals surface area contributed by atoms with Gasteiger partial charge in [0.2, 0.25) is 20.0 Å². The Labute approximate surface area is 171 Å².